The highest BCUT2D eigenvalue weighted by Gasteiger charge is 2.54. The van der Waals surface area contributed by atoms with Gasteiger partial charge < -0.3 is 14.2 Å². The second-order valence-corrected chi connectivity index (χ2v) is 11.0. The number of esters is 2. The van der Waals surface area contributed by atoms with Crippen molar-refractivity contribution >= 4 is 11.9 Å². The summed E-state index contributed by atoms with van der Waals surface area (Å²) < 4.78 is 16.1. The molecule has 5 nitrogen and oxygen atoms in total. The fourth-order valence-corrected chi connectivity index (χ4v) is 7.05. The third kappa shape index (κ3) is 4.53. The number of carbonyl (C=O) groups excluding carboxylic acids is 2. The van der Waals surface area contributed by atoms with E-state index >= 15 is 0 Å². The van der Waals surface area contributed by atoms with E-state index in [1.165, 1.54) is 5.56 Å². The first-order valence-electron chi connectivity index (χ1n) is 13.3. The zero-order valence-electron chi connectivity index (χ0n) is 21.3. The molecule has 0 unspecified atom stereocenters. The summed E-state index contributed by atoms with van der Waals surface area (Å²) >= 11 is 0. The molecule has 5 heteroatoms. The Labute approximate surface area is 204 Å². The highest BCUT2D eigenvalue weighted by Crippen LogP contribution is 2.58. The second kappa shape index (κ2) is 10.0. The van der Waals surface area contributed by atoms with Crippen LogP contribution in [0.25, 0.3) is 0 Å². The standard InChI is InChI=1S/C17H22O2.C12H20O3/c1-2-19-15(18)17-11-8-16(9-12-17,10-13-17)14-6-4-3-5-7-14;1-3-15-10(13)11-4-7-12(14-2,8-5-11)9-6-11/h3-7H,2,8-13H2,1H3;3-9H2,1-2H3. The molecule has 0 aromatic heterocycles. The van der Waals surface area contributed by atoms with E-state index in [1.807, 2.05) is 13.8 Å². The summed E-state index contributed by atoms with van der Waals surface area (Å²) in [7, 11) is 1.79. The predicted octanol–water partition coefficient (Wildman–Crippen LogP) is 6.13. The summed E-state index contributed by atoms with van der Waals surface area (Å²) in [5.41, 5.74) is 1.54. The lowest BCUT2D eigenvalue weighted by Gasteiger charge is -2.52. The molecule has 1 aromatic carbocycles. The van der Waals surface area contributed by atoms with E-state index in [4.69, 9.17) is 14.2 Å². The summed E-state index contributed by atoms with van der Waals surface area (Å²) in [6, 6.07) is 10.8. The first kappa shape index (κ1) is 25.2. The van der Waals surface area contributed by atoms with Crippen LogP contribution in [-0.4, -0.2) is 37.9 Å². The van der Waals surface area contributed by atoms with E-state index in [1.54, 1.807) is 7.11 Å². The van der Waals surface area contributed by atoms with Crippen LogP contribution >= 0.6 is 0 Å². The molecule has 0 atom stereocenters. The predicted molar refractivity (Wildman–Crippen MR) is 131 cm³/mol. The van der Waals surface area contributed by atoms with Gasteiger partial charge in [-0.3, -0.25) is 9.59 Å². The van der Waals surface area contributed by atoms with Gasteiger partial charge in [0.05, 0.1) is 29.6 Å². The number of rotatable bonds is 6. The van der Waals surface area contributed by atoms with E-state index in [9.17, 15) is 9.59 Å². The zero-order valence-corrected chi connectivity index (χ0v) is 21.3. The van der Waals surface area contributed by atoms with Crippen molar-refractivity contribution in [3.05, 3.63) is 35.9 Å². The molecule has 6 aliphatic carbocycles. The van der Waals surface area contributed by atoms with E-state index in [2.05, 4.69) is 30.3 Å². The van der Waals surface area contributed by atoms with Crippen LogP contribution in [0.2, 0.25) is 0 Å². The van der Waals surface area contributed by atoms with Gasteiger partial charge in [-0.15, -0.1) is 0 Å². The quantitative estimate of drug-likeness (QED) is 0.468. The van der Waals surface area contributed by atoms with Gasteiger partial charge in [-0.05, 0) is 102 Å². The largest absolute Gasteiger partial charge is 0.466 e. The van der Waals surface area contributed by atoms with Gasteiger partial charge in [0.1, 0.15) is 0 Å². The molecule has 0 amide bonds. The van der Waals surface area contributed by atoms with E-state index in [-0.39, 0.29) is 28.4 Å². The van der Waals surface area contributed by atoms with Crippen molar-refractivity contribution in [2.75, 3.05) is 20.3 Å². The van der Waals surface area contributed by atoms with Gasteiger partial charge in [0, 0.05) is 7.11 Å². The van der Waals surface area contributed by atoms with Crippen LogP contribution < -0.4 is 0 Å². The minimum Gasteiger partial charge on any atom is -0.466 e. The molecule has 6 saturated carbocycles. The van der Waals surface area contributed by atoms with Gasteiger partial charge in [-0.25, -0.2) is 0 Å². The molecule has 188 valence electrons. The Bertz CT molecular complexity index is 811. The minimum absolute atomic E-state index is 0.0226. The molecule has 7 rings (SSSR count). The molecule has 0 saturated heterocycles. The van der Waals surface area contributed by atoms with Crippen LogP contribution in [0.1, 0.15) is 96.5 Å². The van der Waals surface area contributed by atoms with Gasteiger partial charge in [0.25, 0.3) is 0 Å². The number of hydrogen-bond acceptors (Lipinski definition) is 5. The smallest absolute Gasteiger partial charge is 0.312 e. The molecule has 1 aromatic rings. The third-order valence-electron chi connectivity index (χ3n) is 9.66. The lowest BCUT2D eigenvalue weighted by molar-refractivity contribution is -0.174. The number of ether oxygens (including phenoxy) is 3. The molecule has 0 spiro atoms. The Kier molecular flexibility index (Phi) is 7.42. The van der Waals surface area contributed by atoms with E-state index < -0.39 is 0 Å². The van der Waals surface area contributed by atoms with Gasteiger partial charge >= 0.3 is 11.9 Å². The van der Waals surface area contributed by atoms with Gasteiger partial charge in [0.15, 0.2) is 0 Å². The first-order chi connectivity index (χ1) is 16.4. The Morgan fingerprint density at radius 2 is 1.09 bits per heavy atom. The van der Waals surface area contributed by atoms with E-state index in [0.717, 1.165) is 77.0 Å². The van der Waals surface area contributed by atoms with Crippen molar-refractivity contribution in [2.45, 2.75) is 102 Å². The Morgan fingerprint density at radius 1 is 0.676 bits per heavy atom. The van der Waals surface area contributed by atoms with Crippen LogP contribution in [0.3, 0.4) is 0 Å². The number of benzene rings is 1. The summed E-state index contributed by atoms with van der Waals surface area (Å²) in [6.45, 7) is 4.77. The van der Waals surface area contributed by atoms with Crippen molar-refractivity contribution in [3.63, 3.8) is 0 Å². The zero-order chi connectivity index (χ0) is 24.3. The maximum atomic E-state index is 12.2. The fourth-order valence-electron chi connectivity index (χ4n) is 7.05. The summed E-state index contributed by atoms with van der Waals surface area (Å²) in [4.78, 5) is 24.1. The summed E-state index contributed by atoms with van der Waals surface area (Å²) in [5.74, 6) is 0.0748. The van der Waals surface area contributed by atoms with Crippen LogP contribution in [-0.2, 0) is 29.2 Å². The highest BCUT2D eigenvalue weighted by molar-refractivity contribution is 5.78. The monoisotopic (exact) mass is 470 g/mol. The van der Waals surface area contributed by atoms with Crippen LogP contribution in [0.5, 0.6) is 0 Å². The third-order valence-corrected chi connectivity index (χ3v) is 9.66. The Morgan fingerprint density at radius 3 is 1.47 bits per heavy atom. The maximum Gasteiger partial charge on any atom is 0.312 e. The molecule has 4 bridgehead atoms. The Balaban J connectivity index is 0.000000166. The number of hydrogen-bond donors (Lipinski definition) is 0. The molecule has 6 fully saturated rings. The van der Waals surface area contributed by atoms with Gasteiger partial charge in [-0.2, -0.15) is 0 Å². The van der Waals surface area contributed by atoms with E-state index in [0.29, 0.717) is 18.6 Å². The molecule has 6 aliphatic rings. The average Bonchev–Trinajstić information content (AvgIpc) is 2.92. The summed E-state index contributed by atoms with van der Waals surface area (Å²) in [5, 5.41) is 0. The maximum absolute atomic E-state index is 12.2. The van der Waals surface area contributed by atoms with Crippen LogP contribution in [0.4, 0.5) is 0 Å². The number of fused-ring (bicyclic) bond motifs is 6. The van der Waals surface area contributed by atoms with Crippen molar-refractivity contribution in [3.8, 4) is 0 Å². The molecular weight excluding hydrogens is 428 g/mol. The first-order valence-corrected chi connectivity index (χ1v) is 13.3. The number of carbonyl (C=O) groups is 2. The van der Waals surface area contributed by atoms with Crippen LogP contribution in [0.15, 0.2) is 30.3 Å². The van der Waals surface area contributed by atoms with Crippen molar-refractivity contribution in [1.29, 1.82) is 0 Å². The average molecular weight is 471 g/mol. The molecule has 0 radical (unpaired) electrons. The molecule has 0 heterocycles. The molecule has 34 heavy (non-hydrogen) atoms. The SMILES string of the molecule is CCOC(=O)C12CCC(OC)(CC1)CC2.CCOC(=O)C12CCC(c3ccccc3)(CC1)CC2. The normalized spacial score (nSPS) is 35.7. The van der Waals surface area contributed by atoms with Crippen molar-refractivity contribution in [2.24, 2.45) is 10.8 Å². The van der Waals surface area contributed by atoms with Gasteiger partial charge in [-0.1, -0.05) is 30.3 Å². The Hall–Kier alpha value is -1.88. The second-order valence-electron chi connectivity index (χ2n) is 11.0. The molecular formula is C29H42O5. The topological polar surface area (TPSA) is 61.8 Å². The lowest BCUT2D eigenvalue weighted by Crippen LogP contribution is -2.50. The number of methoxy groups -OCH3 is 1. The minimum atomic E-state index is -0.170. The fraction of sp³-hybridized carbons (Fsp3) is 0.724. The lowest BCUT2D eigenvalue weighted by atomic mass is 9.52. The summed E-state index contributed by atoms with van der Waals surface area (Å²) in [6.07, 6.45) is 12.3. The molecule has 0 aliphatic heterocycles. The van der Waals surface area contributed by atoms with Crippen LogP contribution in [0, 0.1) is 10.8 Å². The molecule has 0 N–H and O–H groups in total. The van der Waals surface area contributed by atoms with Crippen molar-refractivity contribution in [1.82, 2.24) is 0 Å². The van der Waals surface area contributed by atoms with Crippen molar-refractivity contribution < 1.29 is 23.8 Å². The highest BCUT2D eigenvalue weighted by atomic mass is 16.5. The van der Waals surface area contributed by atoms with Gasteiger partial charge in [0.2, 0.25) is 0 Å².